The van der Waals surface area contributed by atoms with Crippen LogP contribution in [-0.2, 0) is 0 Å². The Morgan fingerprint density at radius 1 is 1.33 bits per heavy atom. The molecule has 0 radical (unpaired) electrons. The highest BCUT2D eigenvalue weighted by Gasteiger charge is 2.21. The summed E-state index contributed by atoms with van der Waals surface area (Å²) >= 11 is 2.10. The fourth-order valence-electron chi connectivity index (χ4n) is 1.97. The molecule has 1 unspecified atom stereocenters. The molecule has 1 atom stereocenters. The predicted octanol–water partition coefficient (Wildman–Crippen LogP) is 2.41. The van der Waals surface area contributed by atoms with Crippen LogP contribution in [-0.4, -0.2) is 35.3 Å². The first-order valence-electron chi connectivity index (χ1n) is 6.11. The van der Waals surface area contributed by atoms with E-state index in [9.17, 15) is 5.11 Å². The molecule has 1 rings (SSSR count). The largest absolute Gasteiger partial charge is 0.394 e. The third kappa shape index (κ3) is 4.75. The van der Waals surface area contributed by atoms with Crippen LogP contribution in [0.4, 0.5) is 0 Å². The summed E-state index contributed by atoms with van der Waals surface area (Å²) in [5.74, 6) is 1.17. The maximum atomic E-state index is 9.25. The molecule has 1 aliphatic carbocycles. The summed E-state index contributed by atoms with van der Waals surface area (Å²) in [6.07, 6.45) is 8.13. The van der Waals surface area contributed by atoms with Crippen molar-refractivity contribution in [2.45, 2.75) is 56.2 Å². The minimum atomic E-state index is -0.0817. The number of aliphatic hydroxyl groups is 1. The van der Waals surface area contributed by atoms with Crippen LogP contribution < -0.4 is 5.32 Å². The molecule has 0 aromatic heterocycles. The van der Waals surface area contributed by atoms with E-state index in [2.05, 4.69) is 24.0 Å². The summed E-state index contributed by atoms with van der Waals surface area (Å²) in [5.41, 5.74) is -0.0817. The van der Waals surface area contributed by atoms with Crippen molar-refractivity contribution in [2.24, 2.45) is 0 Å². The van der Waals surface area contributed by atoms with Crippen LogP contribution in [0.5, 0.6) is 0 Å². The fraction of sp³-hybridized carbons (Fsp3) is 1.00. The fourth-order valence-corrected chi connectivity index (χ4v) is 3.53. The Bertz CT molecular complexity index is 165. The van der Waals surface area contributed by atoms with Gasteiger partial charge in [0.2, 0.25) is 0 Å². The van der Waals surface area contributed by atoms with Gasteiger partial charge in [-0.25, -0.2) is 0 Å². The Hall–Kier alpha value is 0.270. The number of hydrogen-bond acceptors (Lipinski definition) is 3. The molecule has 15 heavy (non-hydrogen) atoms. The number of thioether (sulfide) groups is 1. The number of rotatable bonds is 6. The molecule has 1 fully saturated rings. The van der Waals surface area contributed by atoms with Crippen LogP contribution in [0.25, 0.3) is 0 Å². The lowest BCUT2D eigenvalue weighted by atomic mass is 10.0. The van der Waals surface area contributed by atoms with E-state index in [1.54, 1.807) is 0 Å². The lowest BCUT2D eigenvalue weighted by molar-refractivity contribution is 0.179. The molecule has 0 aromatic carbocycles. The quantitative estimate of drug-likeness (QED) is 0.736. The first-order chi connectivity index (χ1) is 7.20. The van der Waals surface area contributed by atoms with E-state index in [-0.39, 0.29) is 12.1 Å². The second kappa shape index (κ2) is 6.77. The van der Waals surface area contributed by atoms with E-state index in [0.717, 1.165) is 11.7 Å². The second-order valence-electron chi connectivity index (χ2n) is 4.85. The zero-order chi connectivity index (χ0) is 11.1. The first kappa shape index (κ1) is 13.3. The van der Waals surface area contributed by atoms with E-state index < -0.39 is 0 Å². The van der Waals surface area contributed by atoms with Gasteiger partial charge in [0.1, 0.15) is 0 Å². The minimum Gasteiger partial charge on any atom is -0.394 e. The Balaban J connectivity index is 2.14. The van der Waals surface area contributed by atoms with Crippen molar-refractivity contribution in [1.82, 2.24) is 5.32 Å². The van der Waals surface area contributed by atoms with Gasteiger partial charge in [-0.1, -0.05) is 19.3 Å². The summed E-state index contributed by atoms with van der Waals surface area (Å²) < 4.78 is 0. The molecule has 2 N–H and O–H groups in total. The Kier molecular flexibility index (Phi) is 6.02. The van der Waals surface area contributed by atoms with Crippen LogP contribution in [0.15, 0.2) is 0 Å². The molecular weight excluding hydrogens is 206 g/mol. The minimum absolute atomic E-state index is 0.0817. The maximum absolute atomic E-state index is 9.25. The van der Waals surface area contributed by atoms with Crippen molar-refractivity contribution >= 4 is 11.8 Å². The standard InChI is InChI=1S/C12H25NOS/c1-12(10-14,13-2)8-9-15-11-6-4-3-5-7-11/h11,13-14H,3-10H2,1-2H3. The molecule has 0 aliphatic heterocycles. The van der Waals surface area contributed by atoms with Crippen LogP contribution in [0.3, 0.4) is 0 Å². The molecule has 2 nitrogen and oxygen atoms in total. The van der Waals surface area contributed by atoms with Crippen molar-refractivity contribution in [3.8, 4) is 0 Å². The summed E-state index contributed by atoms with van der Waals surface area (Å²) in [5, 5.41) is 13.3. The lowest BCUT2D eigenvalue weighted by Gasteiger charge is -2.28. The zero-order valence-electron chi connectivity index (χ0n) is 10.1. The second-order valence-corrected chi connectivity index (χ2v) is 6.26. The van der Waals surface area contributed by atoms with Crippen molar-refractivity contribution in [3.05, 3.63) is 0 Å². The van der Waals surface area contributed by atoms with Gasteiger partial charge in [0, 0.05) is 10.8 Å². The average molecular weight is 231 g/mol. The average Bonchev–Trinajstić information content (AvgIpc) is 2.30. The van der Waals surface area contributed by atoms with E-state index in [4.69, 9.17) is 0 Å². The monoisotopic (exact) mass is 231 g/mol. The van der Waals surface area contributed by atoms with Gasteiger partial charge in [-0.15, -0.1) is 0 Å². The molecule has 0 amide bonds. The van der Waals surface area contributed by atoms with Gasteiger partial charge in [-0.05, 0) is 39.0 Å². The molecule has 0 saturated heterocycles. The first-order valence-corrected chi connectivity index (χ1v) is 7.16. The van der Waals surface area contributed by atoms with Gasteiger partial charge < -0.3 is 10.4 Å². The van der Waals surface area contributed by atoms with Crippen LogP contribution in [0.2, 0.25) is 0 Å². The lowest BCUT2D eigenvalue weighted by Crippen LogP contribution is -2.43. The van der Waals surface area contributed by atoms with Gasteiger partial charge in [-0.3, -0.25) is 0 Å². The molecule has 90 valence electrons. The van der Waals surface area contributed by atoms with Crippen molar-refractivity contribution < 1.29 is 5.11 Å². The summed E-state index contributed by atoms with van der Waals surface area (Å²) in [7, 11) is 1.93. The SMILES string of the molecule is CNC(C)(CO)CCSC1CCCCC1. The van der Waals surface area contributed by atoms with Crippen molar-refractivity contribution in [1.29, 1.82) is 0 Å². The Morgan fingerprint density at radius 3 is 2.53 bits per heavy atom. The third-order valence-corrected chi connectivity index (χ3v) is 4.89. The molecule has 3 heteroatoms. The number of likely N-dealkylation sites (N-methyl/N-ethyl adjacent to an activating group) is 1. The van der Waals surface area contributed by atoms with Crippen LogP contribution >= 0.6 is 11.8 Å². The maximum Gasteiger partial charge on any atom is 0.0610 e. The Morgan fingerprint density at radius 2 is 2.00 bits per heavy atom. The highest BCUT2D eigenvalue weighted by atomic mass is 32.2. The van der Waals surface area contributed by atoms with E-state index in [0.29, 0.717) is 0 Å². The number of hydrogen-bond donors (Lipinski definition) is 2. The zero-order valence-corrected chi connectivity index (χ0v) is 10.9. The van der Waals surface area contributed by atoms with E-state index >= 15 is 0 Å². The number of nitrogens with one attached hydrogen (secondary N) is 1. The van der Waals surface area contributed by atoms with Crippen molar-refractivity contribution in [2.75, 3.05) is 19.4 Å². The highest BCUT2D eigenvalue weighted by molar-refractivity contribution is 7.99. The molecule has 1 aliphatic rings. The molecule has 0 spiro atoms. The van der Waals surface area contributed by atoms with Crippen molar-refractivity contribution in [3.63, 3.8) is 0 Å². The summed E-state index contributed by atoms with van der Waals surface area (Å²) in [6, 6.07) is 0. The smallest absolute Gasteiger partial charge is 0.0610 e. The topological polar surface area (TPSA) is 32.3 Å². The van der Waals surface area contributed by atoms with Crippen LogP contribution in [0, 0.1) is 0 Å². The molecule has 1 saturated carbocycles. The molecular formula is C12H25NOS. The van der Waals surface area contributed by atoms with Gasteiger partial charge in [0.15, 0.2) is 0 Å². The van der Waals surface area contributed by atoms with Gasteiger partial charge >= 0.3 is 0 Å². The molecule has 0 heterocycles. The number of aliphatic hydroxyl groups excluding tert-OH is 1. The third-order valence-electron chi connectivity index (χ3n) is 3.51. The van der Waals surface area contributed by atoms with E-state index in [1.165, 1.54) is 37.9 Å². The van der Waals surface area contributed by atoms with Gasteiger partial charge in [0.05, 0.1) is 6.61 Å². The predicted molar refractivity (Wildman–Crippen MR) is 68.5 cm³/mol. The molecule has 0 bridgehead atoms. The summed E-state index contributed by atoms with van der Waals surface area (Å²) in [4.78, 5) is 0. The van der Waals surface area contributed by atoms with Gasteiger partial charge in [-0.2, -0.15) is 11.8 Å². The van der Waals surface area contributed by atoms with E-state index in [1.807, 2.05) is 7.05 Å². The Labute approximate surface area is 98.2 Å². The summed E-state index contributed by atoms with van der Waals surface area (Å²) in [6.45, 7) is 2.32. The normalized spacial score (nSPS) is 22.6. The van der Waals surface area contributed by atoms with Gasteiger partial charge in [0.25, 0.3) is 0 Å². The van der Waals surface area contributed by atoms with Crippen LogP contribution in [0.1, 0.15) is 45.4 Å². The molecule has 0 aromatic rings. The highest BCUT2D eigenvalue weighted by Crippen LogP contribution is 2.29.